The summed E-state index contributed by atoms with van der Waals surface area (Å²) in [5.74, 6) is -0.0410. The van der Waals surface area contributed by atoms with E-state index in [-0.39, 0.29) is 18.4 Å². The van der Waals surface area contributed by atoms with E-state index < -0.39 is 0 Å². The molecule has 6 heteroatoms. The van der Waals surface area contributed by atoms with Crippen LogP contribution in [0.4, 0.5) is 5.69 Å². The molecule has 2 amide bonds. The van der Waals surface area contributed by atoms with Crippen LogP contribution in [0.3, 0.4) is 0 Å². The Bertz CT molecular complexity index is 1060. The van der Waals surface area contributed by atoms with Gasteiger partial charge in [-0.2, -0.15) is 0 Å². The topological polar surface area (TPSA) is 75.7 Å². The lowest BCUT2D eigenvalue weighted by Crippen LogP contribution is -2.30. The minimum atomic E-state index is -0.358. The SMILES string of the molecule is CCN(CC)C(=O)c1ccc(NC(=O)COc2ccc3ccccc3c2C=O)cc1. The monoisotopic (exact) mass is 404 g/mol. The molecule has 0 bridgehead atoms. The van der Waals surface area contributed by atoms with Crippen molar-refractivity contribution in [1.82, 2.24) is 4.90 Å². The zero-order valence-corrected chi connectivity index (χ0v) is 17.1. The van der Waals surface area contributed by atoms with E-state index in [2.05, 4.69) is 5.32 Å². The highest BCUT2D eigenvalue weighted by atomic mass is 16.5. The number of anilines is 1. The third-order valence-electron chi connectivity index (χ3n) is 4.87. The Morgan fingerprint density at radius 3 is 2.33 bits per heavy atom. The molecule has 0 aliphatic heterocycles. The number of aldehydes is 1. The van der Waals surface area contributed by atoms with Crippen LogP contribution in [0.15, 0.2) is 60.7 Å². The van der Waals surface area contributed by atoms with Crippen molar-refractivity contribution in [2.24, 2.45) is 0 Å². The average molecular weight is 404 g/mol. The van der Waals surface area contributed by atoms with E-state index in [1.165, 1.54) is 0 Å². The molecule has 0 radical (unpaired) electrons. The van der Waals surface area contributed by atoms with E-state index in [0.29, 0.717) is 35.7 Å². The summed E-state index contributed by atoms with van der Waals surface area (Å²) in [6.45, 7) is 4.91. The summed E-state index contributed by atoms with van der Waals surface area (Å²) in [6, 6.07) is 17.8. The summed E-state index contributed by atoms with van der Waals surface area (Å²) in [7, 11) is 0. The average Bonchev–Trinajstić information content (AvgIpc) is 2.78. The van der Waals surface area contributed by atoms with Crippen molar-refractivity contribution in [2.45, 2.75) is 13.8 Å². The Hall–Kier alpha value is -3.67. The molecule has 0 saturated heterocycles. The standard InChI is InChI=1S/C24H24N2O4/c1-3-26(4-2)24(29)18-9-12-19(13-10-18)25-23(28)16-30-22-14-11-17-7-5-6-8-20(17)21(22)15-27/h5-15H,3-4,16H2,1-2H3,(H,25,28). The fraction of sp³-hybridized carbons (Fsp3) is 0.208. The van der Waals surface area contributed by atoms with E-state index >= 15 is 0 Å². The molecule has 0 aliphatic rings. The summed E-state index contributed by atoms with van der Waals surface area (Å²) in [4.78, 5) is 37.9. The Balaban J connectivity index is 1.63. The van der Waals surface area contributed by atoms with Crippen molar-refractivity contribution in [3.63, 3.8) is 0 Å². The maximum Gasteiger partial charge on any atom is 0.262 e. The van der Waals surface area contributed by atoms with Gasteiger partial charge in [-0.25, -0.2) is 0 Å². The molecule has 3 rings (SSSR count). The van der Waals surface area contributed by atoms with Gasteiger partial charge in [-0.05, 0) is 55.0 Å². The number of nitrogens with one attached hydrogen (secondary N) is 1. The zero-order valence-electron chi connectivity index (χ0n) is 17.1. The fourth-order valence-corrected chi connectivity index (χ4v) is 3.25. The molecule has 154 valence electrons. The summed E-state index contributed by atoms with van der Waals surface area (Å²) in [5.41, 5.74) is 1.55. The molecule has 0 saturated carbocycles. The molecule has 0 fully saturated rings. The van der Waals surface area contributed by atoms with Gasteiger partial charge in [0.25, 0.3) is 11.8 Å². The number of fused-ring (bicyclic) bond motifs is 1. The highest BCUT2D eigenvalue weighted by Crippen LogP contribution is 2.26. The van der Waals surface area contributed by atoms with Crippen LogP contribution in [-0.2, 0) is 4.79 Å². The maximum atomic E-state index is 12.3. The normalized spacial score (nSPS) is 10.5. The van der Waals surface area contributed by atoms with Gasteiger partial charge >= 0.3 is 0 Å². The highest BCUT2D eigenvalue weighted by Gasteiger charge is 2.13. The Morgan fingerprint density at radius 2 is 1.67 bits per heavy atom. The molecule has 0 spiro atoms. The van der Waals surface area contributed by atoms with Crippen LogP contribution < -0.4 is 10.1 Å². The molecule has 30 heavy (non-hydrogen) atoms. The van der Waals surface area contributed by atoms with Gasteiger partial charge in [0, 0.05) is 24.3 Å². The van der Waals surface area contributed by atoms with E-state index in [0.717, 1.165) is 17.1 Å². The third kappa shape index (κ3) is 4.66. The lowest BCUT2D eigenvalue weighted by Gasteiger charge is -2.18. The summed E-state index contributed by atoms with van der Waals surface area (Å²) < 4.78 is 5.59. The quantitative estimate of drug-likeness (QED) is 0.572. The lowest BCUT2D eigenvalue weighted by atomic mass is 10.0. The molecule has 1 N–H and O–H groups in total. The van der Waals surface area contributed by atoms with E-state index in [4.69, 9.17) is 4.74 Å². The van der Waals surface area contributed by atoms with Gasteiger partial charge in [0.15, 0.2) is 12.9 Å². The van der Waals surface area contributed by atoms with Gasteiger partial charge in [-0.15, -0.1) is 0 Å². The van der Waals surface area contributed by atoms with Crippen molar-refractivity contribution in [2.75, 3.05) is 25.0 Å². The molecule has 0 atom stereocenters. The molecule has 3 aromatic carbocycles. The molecule has 0 aromatic heterocycles. The first-order chi connectivity index (χ1) is 14.6. The zero-order chi connectivity index (χ0) is 21.5. The number of benzene rings is 3. The Morgan fingerprint density at radius 1 is 0.967 bits per heavy atom. The summed E-state index contributed by atoms with van der Waals surface area (Å²) in [5, 5.41) is 4.44. The number of carbonyl (C=O) groups excluding carboxylic acids is 3. The van der Waals surface area contributed by atoms with E-state index in [1.807, 2.05) is 44.2 Å². The van der Waals surface area contributed by atoms with Gasteiger partial charge in [-0.1, -0.05) is 30.3 Å². The van der Waals surface area contributed by atoms with Crippen LogP contribution in [0, 0.1) is 0 Å². The minimum absolute atomic E-state index is 0.0427. The molecular weight excluding hydrogens is 380 g/mol. The van der Waals surface area contributed by atoms with Crippen molar-refractivity contribution >= 4 is 34.6 Å². The van der Waals surface area contributed by atoms with Crippen LogP contribution in [0.5, 0.6) is 5.75 Å². The second kappa shape index (κ2) is 9.69. The smallest absolute Gasteiger partial charge is 0.262 e. The van der Waals surface area contributed by atoms with Crippen molar-refractivity contribution < 1.29 is 19.1 Å². The summed E-state index contributed by atoms with van der Waals surface area (Å²) >= 11 is 0. The second-order valence-electron chi connectivity index (χ2n) is 6.71. The summed E-state index contributed by atoms with van der Waals surface area (Å²) in [6.07, 6.45) is 0.737. The predicted octanol–water partition coefficient (Wildman–Crippen LogP) is 4.15. The predicted molar refractivity (Wildman–Crippen MR) is 117 cm³/mol. The fourth-order valence-electron chi connectivity index (χ4n) is 3.25. The number of amides is 2. The number of hydrogen-bond acceptors (Lipinski definition) is 4. The van der Waals surface area contributed by atoms with Crippen LogP contribution in [0.25, 0.3) is 10.8 Å². The number of rotatable bonds is 8. The van der Waals surface area contributed by atoms with Gasteiger partial charge in [0.2, 0.25) is 0 Å². The van der Waals surface area contributed by atoms with Crippen molar-refractivity contribution in [1.29, 1.82) is 0 Å². The number of ether oxygens (including phenoxy) is 1. The first-order valence-corrected chi connectivity index (χ1v) is 9.86. The number of nitrogens with zero attached hydrogens (tertiary/aromatic N) is 1. The van der Waals surface area contributed by atoms with E-state index in [1.54, 1.807) is 35.2 Å². The van der Waals surface area contributed by atoms with Crippen LogP contribution >= 0.6 is 0 Å². The molecule has 6 nitrogen and oxygen atoms in total. The van der Waals surface area contributed by atoms with Gasteiger partial charge in [0.1, 0.15) is 5.75 Å². The Labute approximate surface area is 175 Å². The molecule has 0 unspecified atom stereocenters. The van der Waals surface area contributed by atoms with Crippen LogP contribution in [0.2, 0.25) is 0 Å². The minimum Gasteiger partial charge on any atom is -0.483 e. The van der Waals surface area contributed by atoms with E-state index in [9.17, 15) is 14.4 Å². The molecule has 0 aliphatic carbocycles. The molecular formula is C24H24N2O4. The van der Waals surface area contributed by atoms with Crippen molar-refractivity contribution in [3.8, 4) is 5.75 Å². The third-order valence-corrected chi connectivity index (χ3v) is 4.87. The lowest BCUT2D eigenvalue weighted by molar-refractivity contribution is -0.118. The number of hydrogen-bond donors (Lipinski definition) is 1. The second-order valence-corrected chi connectivity index (χ2v) is 6.71. The number of carbonyl (C=O) groups is 3. The van der Waals surface area contributed by atoms with Crippen LogP contribution in [-0.4, -0.2) is 42.7 Å². The maximum absolute atomic E-state index is 12.3. The first-order valence-electron chi connectivity index (χ1n) is 9.86. The largest absolute Gasteiger partial charge is 0.483 e. The van der Waals surface area contributed by atoms with Crippen molar-refractivity contribution in [3.05, 3.63) is 71.8 Å². The van der Waals surface area contributed by atoms with Gasteiger partial charge in [-0.3, -0.25) is 14.4 Å². The first kappa shape index (κ1) is 21.0. The van der Waals surface area contributed by atoms with Gasteiger partial charge < -0.3 is 15.0 Å². The molecule has 0 heterocycles. The van der Waals surface area contributed by atoms with Gasteiger partial charge in [0.05, 0.1) is 5.56 Å². The van der Waals surface area contributed by atoms with Crippen LogP contribution in [0.1, 0.15) is 34.6 Å². The highest BCUT2D eigenvalue weighted by molar-refractivity contribution is 6.01. The molecule has 3 aromatic rings. The Kier molecular flexibility index (Phi) is 6.80.